The van der Waals surface area contributed by atoms with E-state index in [9.17, 15) is 0 Å². The van der Waals surface area contributed by atoms with Crippen molar-refractivity contribution in [3.8, 4) is 0 Å². The Hall–Kier alpha value is -0.370. The fraction of sp³-hybridized carbons (Fsp3) is 0.889. The Kier molecular flexibility index (Phi) is 5.12. The third kappa shape index (κ3) is 4.96. The van der Waals surface area contributed by atoms with Gasteiger partial charge < -0.3 is 5.11 Å². The summed E-state index contributed by atoms with van der Waals surface area (Å²) in [6, 6.07) is 0. The fourth-order valence-electron chi connectivity index (χ4n) is 0.715. The van der Waals surface area contributed by atoms with Crippen molar-refractivity contribution in [1.29, 1.82) is 0 Å². The number of hydrogen-bond acceptors (Lipinski definition) is 2. The summed E-state index contributed by atoms with van der Waals surface area (Å²) in [5, 5.41) is 8.88. The van der Waals surface area contributed by atoms with Gasteiger partial charge in [-0.25, -0.2) is 0 Å². The molecule has 0 rings (SSSR count). The maximum atomic E-state index is 8.88. The van der Waals surface area contributed by atoms with Gasteiger partial charge in [0.1, 0.15) is 0 Å². The molecule has 1 N–H and O–H groups in total. The van der Waals surface area contributed by atoms with Crippen molar-refractivity contribution in [2.75, 3.05) is 13.2 Å². The maximum Gasteiger partial charge on any atom is 0.0811 e. The molecular weight excluding hydrogens is 138 g/mol. The second kappa shape index (κ2) is 5.30. The summed E-state index contributed by atoms with van der Waals surface area (Å²) in [5.41, 5.74) is 0.915. The van der Waals surface area contributed by atoms with Crippen molar-refractivity contribution < 1.29 is 5.11 Å². The van der Waals surface area contributed by atoms with Gasteiger partial charge in [-0.1, -0.05) is 27.7 Å². The van der Waals surface area contributed by atoms with Gasteiger partial charge in [0.25, 0.3) is 0 Å². The zero-order valence-electron chi connectivity index (χ0n) is 7.96. The van der Waals surface area contributed by atoms with Gasteiger partial charge in [0.05, 0.1) is 6.61 Å². The van der Waals surface area contributed by atoms with Crippen LogP contribution in [0.15, 0.2) is 4.99 Å². The summed E-state index contributed by atoms with van der Waals surface area (Å²) < 4.78 is 0. The Morgan fingerprint density at radius 3 is 2.09 bits per heavy atom. The van der Waals surface area contributed by atoms with Crippen LogP contribution in [0.5, 0.6) is 0 Å². The van der Waals surface area contributed by atoms with E-state index in [1.807, 2.05) is 0 Å². The number of rotatable bonds is 4. The lowest BCUT2D eigenvalue weighted by Crippen LogP contribution is -2.14. The zero-order chi connectivity index (χ0) is 8.85. The van der Waals surface area contributed by atoms with Crippen LogP contribution in [-0.2, 0) is 0 Å². The van der Waals surface area contributed by atoms with E-state index in [0.29, 0.717) is 11.8 Å². The van der Waals surface area contributed by atoms with E-state index in [2.05, 4.69) is 32.7 Å². The molecule has 0 saturated heterocycles. The van der Waals surface area contributed by atoms with E-state index in [1.54, 1.807) is 0 Å². The average molecular weight is 157 g/mol. The molecule has 0 heterocycles. The van der Waals surface area contributed by atoms with Crippen molar-refractivity contribution >= 4 is 5.71 Å². The number of aliphatic imine (C=N–C) groups is 1. The van der Waals surface area contributed by atoms with E-state index in [4.69, 9.17) is 5.11 Å². The zero-order valence-corrected chi connectivity index (χ0v) is 7.96. The Labute approximate surface area is 69.3 Å². The van der Waals surface area contributed by atoms with E-state index < -0.39 is 0 Å². The molecular formula is C9H19NO. The van der Waals surface area contributed by atoms with Gasteiger partial charge in [0.2, 0.25) is 0 Å². The summed E-state index contributed by atoms with van der Waals surface area (Å²) >= 11 is 0. The van der Waals surface area contributed by atoms with Gasteiger partial charge in [-0.15, -0.1) is 0 Å². The molecule has 0 aromatic rings. The molecule has 2 nitrogen and oxygen atoms in total. The summed E-state index contributed by atoms with van der Waals surface area (Å²) in [6.45, 7) is 9.28. The molecule has 0 fully saturated rings. The first-order valence-corrected chi connectivity index (χ1v) is 4.22. The maximum absolute atomic E-state index is 8.88. The standard InChI is InChI=1S/C9H19NO/c1-7(2)5-10-9(6-11)8(3)4/h7-8,11H,5-6H2,1-4H3. The van der Waals surface area contributed by atoms with Gasteiger partial charge in [0.15, 0.2) is 0 Å². The molecule has 0 bridgehead atoms. The van der Waals surface area contributed by atoms with Crippen molar-refractivity contribution in [2.45, 2.75) is 27.7 Å². The molecule has 2 heteroatoms. The van der Waals surface area contributed by atoms with Crippen LogP contribution in [0.25, 0.3) is 0 Å². The lowest BCUT2D eigenvalue weighted by atomic mass is 10.1. The predicted octanol–water partition coefficient (Wildman–Crippen LogP) is 1.73. The minimum absolute atomic E-state index is 0.102. The minimum atomic E-state index is 0.102. The van der Waals surface area contributed by atoms with Crippen LogP contribution in [0.4, 0.5) is 0 Å². The van der Waals surface area contributed by atoms with Crippen molar-refractivity contribution in [2.24, 2.45) is 16.8 Å². The summed E-state index contributed by atoms with van der Waals surface area (Å²) in [4.78, 5) is 4.31. The monoisotopic (exact) mass is 157 g/mol. The molecule has 0 aliphatic heterocycles. The van der Waals surface area contributed by atoms with Gasteiger partial charge >= 0.3 is 0 Å². The quantitative estimate of drug-likeness (QED) is 0.619. The van der Waals surface area contributed by atoms with Gasteiger partial charge in [0, 0.05) is 12.3 Å². The molecule has 0 spiro atoms. The molecule has 0 aliphatic carbocycles. The first kappa shape index (κ1) is 10.6. The van der Waals surface area contributed by atoms with E-state index in [1.165, 1.54) is 0 Å². The van der Waals surface area contributed by atoms with E-state index in [-0.39, 0.29) is 6.61 Å². The topological polar surface area (TPSA) is 32.6 Å². The highest BCUT2D eigenvalue weighted by Crippen LogP contribution is 1.99. The third-order valence-corrected chi connectivity index (χ3v) is 1.49. The summed E-state index contributed by atoms with van der Waals surface area (Å²) in [7, 11) is 0. The molecule has 11 heavy (non-hydrogen) atoms. The Morgan fingerprint density at radius 1 is 1.27 bits per heavy atom. The Morgan fingerprint density at radius 2 is 1.82 bits per heavy atom. The van der Waals surface area contributed by atoms with Crippen LogP contribution < -0.4 is 0 Å². The first-order chi connectivity index (χ1) is 5.07. The Bertz CT molecular complexity index is 128. The third-order valence-electron chi connectivity index (χ3n) is 1.49. The molecule has 0 aromatic carbocycles. The molecule has 0 saturated carbocycles. The molecule has 0 unspecified atom stereocenters. The highest BCUT2D eigenvalue weighted by Gasteiger charge is 2.02. The molecule has 0 aliphatic rings. The number of nitrogens with zero attached hydrogens (tertiary/aromatic N) is 1. The SMILES string of the molecule is CC(C)CN=C(CO)C(C)C. The fourth-order valence-corrected chi connectivity index (χ4v) is 0.715. The summed E-state index contributed by atoms with van der Waals surface area (Å²) in [5.74, 6) is 0.953. The van der Waals surface area contributed by atoms with Crippen LogP contribution in [0.1, 0.15) is 27.7 Å². The first-order valence-electron chi connectivity index (χ1n) is 4.22. The molecule has 0 aromatic heterocycles. The van der Waals surface area contributed by atoms with Crippen molar-refractivity contribution in [1.82, 2.24) is 0 Å². The van der Waals surface area contributed by atoms with Crippen molar-refractivity contribution in [3.63, 3.8) is 0 Å². The predicted molar refractivity (Wildman–Crippen MR) is 49.1 cm³/mol. The van der Waals surface area contributed by atoms with Crippen LogP contribution in [0.2, 0.25) is 0 Å². The van der Waals surface area contributed by atoms with Gasteiger partial charge in [-0.3, -0.25) is 4.99 Å². The second-order valence-electron chi connectivity index (χ2n) is 3.54. The van der Waals surface area contributed by atoms with Gasteiger partial charge in [-0.2, -0.15) is 0 Å². The number of aliphatic hydroxyl groups excluding tert-OH is 1. The highest BCUT2D eigenvalue weighted by molar-refractivity contribution is 5.87. The lowest BCUT2D eigenvalue weighted by Gasteiger charge is -2.07. The highest BCUT2D eigenvalue weighted by atomic mass is 16.3. The van der Waals surface area contributed by atoms with Crippen molar-refractivity contribution in [3.05, 3.63) is 0 Å². The van der Waals surface area contributed by atoms with E-state index in [0.717, 1.165) is 12.3 Å². The second-order valence-corrected chi connectivity index (χ2v) is 3.54. The van der Waals surface area contributed by atoms with Crippen LogP contribution in [-0.4, -0.2) is 24.0 Å². The molecule has 0 atom stereocenters. The van der Waals surface area contributed by atoms with Gasteiger partial charge in [-0.05, 0) is 11.8 Å². The van der Waals surface area contributed by atoms with E-state index >= 15 is 0 Å². The number of hydrogen-bond donors (Lipinski definition) is 1. The average Bonchev–Trinajstić information content (AvgIpc) is 1.87. The van der Waals surface area contributed by atoms with Crippen LogP contribution >= 0.6 is 0 Å². The van der Waals surface area contributed by atoms with Crippen LogP contribution in [0.3, 0.4) is 0 Å². The largest absolute Gasteiger partial charge is 0.390 e. The lowest BCUT2D eigenvalue weighted by molar-refractivity contribution is 0.351. The number of aliphatic hydroxyl groups is 1. The molecule has 0 radical (unpaired) electrons. The minimum Gasteiger partial charge on any atom is -0.390 e. The molecule has 0 amide bonds. The molecule has 66 valence electrons. The van der Waals surface area contributed by atoms with Crippen LogP contribution in [0, 0.1) is 11.8 Å². The smallest absolute Gasteiger partial charge is 0.0811 e. The Balaban J connectivity index is 3.91. The normalized spacial score (nSPS) is 13.2. The summed E-state index contributed by atoms with van der Waals surface area (Å²) in [6.07, 6.45) is 0.